The normalized spacial score (nSPS) is 12.4. The van der Waals surface area contributed by atoms with Crippen LogP contribution in [0.15, 0.2) is 40.8 Å². The van der Waals surface area contributed by atoms with E-state index in [1.54, 1.807) is 13.0 Å². The SMILES string of the molecule is CCc1ccc(C(CNC(=O)/C=C/c2cc(C(=O)OC)c(C)o2)N(C)C)cc1. The molecule has 0 aliphatic carbocycles. The Morgan fingerprint density at radius 3 is 2.50 bits per heavy atom. The molecule has 1 N–H and O–H groups in total. The van der Waals surface area contributed by atoms with Crippen LogP contribution in [0.25, 0.3) is 6.08 Å². The van der Waals surface area contributed by atoms with Gasteiger partial charge in [0.2, 0.25) is 5.91 Å². The number of nitrogens with one attached hydrogen (secondary N) is 1. The Kier molecular flexibility index (Phi) is 7.58. The summed E-state index contributed by atoms with van der Waals surface area (Å²) in [7, 11) is 5.29. The molecule has 0 radical (unpaired) electrons. The van der Waals surface area contributed by atoms with Gasteiger partial charge in [0.05, 0.1) is 13.2 Å². The monoisotopic (exact) mass is 384 g/mol. The minimum Gasteiger partial charge on any atom is -0.465 e. The lowest BCUT2D eigenvalue weighted by Gasteiger charge is -2.25. The molecule has 1 atom stereocenters. The Labute approximate surface area is 166 Å². The molecule has 150 valence electrons. The fourth-order valence-corrected chi connectivity index (χ4v) is 2.89. The van der Waals surface area contributed by atoms with E-state index >= 15 is 0 Å². The van der Waals surface area contributed by atoms with Crippen molar-refractivity contribution in [1.29, 1.82) is 0 Å². The summed E-state index contributed by atoms with van der Waals surface area (Å²) in [6.07, 6.45) is 3.93. The van der Waals surface area contributed by atoms with Crippen LogP contribution in [0, 0.1) is 6.92 Å². The molecule has 6 nitrogen and oxygen atoms in total. The summed E-state index contributed by atoms with van der Waals surface area (Å²) >= 11 is 0. The van der Waals surface area contributed by atoms with Crippen LogP contribution in [0.4, 0.5) is 0 Å². The summed E-state index contributed by atoms with van der Waals surface area (Å²) in [4.78, 5) is 25.9. The highest BCUT2D eigenvalue weighted by Crippen LogP contribution is 2.19. The maximum Gasteiger partial charge on any atom is 0.341 e. The van der Waals surface area contributed by atoms with E-state index in [-0.39, 0.29) is 11.9 Å². The lowest BCUT2D eigenvalue weighted by Crippen LogP contribution is -2.33. The first kappa shape index (κ1) is 21.4. The number of rotatable bonds is 8. The number of carbonyl (C=O) groups excluding carboxylic acids is 2. The zero-order valence-electron chi connectivity index (χ0n) is 17.1. The van der Waals surface area contributed by atoms with E-state index in [1.165, 1.54) is 24.8 Å². The van der Waals surface area contributed by atoms with Crippen molar-refractivity contribution in [1.82, 2.24) is 10.2 Å². The lowest BCUT2D eigenvalue weighted by molar-refractivity contribution is -0.116. The van der Waals surface area contributed by atoms with E-state index in [2.05, 4.69) is 41.4 Å². The number of carbonyl (C=O) groups is 2. The molecule has 2 aromatic rings. The van der Waals surface area contributed by atoms with Crippen molar-refractivity contribution < 1.29 is 18.7 Å². The molecular formula is C22H28N2O4. The Bertz CT molecular complexity index is 835. The molecule has 1 unspecified atom stereocenters. The van der Waals surface area contributed by atoms with Gasteiger partial charge in [0.15, 0.2) is 0 Å². The molecule has 1 amide bonds. The average molecular weight is 384 g/mol. The minimum absolute atomic E-state index is 0.0695. The summed E-state index contributed by atoms with van der Waals surface area (Å²) in [5.41, 5.74) is 2.79. The summed E-state index contributed by atoms with van der Waals surface area (Å²) in [5, 5.41) is 2.92. The molecule has 28 heavy (non-hydrogen) atoms. The van der Waals surface area contributed by atoms with Gasteiger partial charge in [0.1, 0.15) is 17.1 Å². The molecule has 6 heteroatoms. The summed E-state index contributed by atoms with van der Waals surface area (Å²) in [5.74, 6) is 0.182. The highest BCUT2D eigenvalue weighted by Gasteiger charge is 2.16. The first-order valence-electron chi connectivity index (χ1n) is 9.25. The number of nitrogens with zero attached hydrogens (tertiary/aromatic N) is 1. The fraction of sp³-hybridized carbons (Fsp3) is 0.364. The highest BCUT2D eigenvalue weighted by atomic mass is 16.5. The number of furan rings is 1. The van der Waals surface area contributed by atoms with Gasteiger partial charge in [-0.25, -0.2) is 4.79 Å². The van der Waals surface area contributed by atoms with Gasteiger partial charge in [0.25, 0.3) is 0 Å². The standard InChI is InChI=1S/C22H28N2O4/c1-6-16-7-9-17(10-8-16)20(24(3)4)14-23-21(25)12-11-18-13-19(15(2)28-18)22(26)27-5/h7-13,20H,6,14H2,1-5H3,(H,23,25)/b12-11+. The summed E-state index contributed by atoms with van der Waals surface area (Å²) < 4.78 is 10.2. The van der Waals surface area contributed by atoms with Gasteiger partial charge in [-0.3, -0.25) is 4.79 Å². The number of esters is 1. The number of methoxy groups -OCH3 is 1. The fourth-order valence-electron chi connectivity index (χ4n) is 2.89. The molecule has 1 aromatic carbocycles. The number of likely N-dealkylation sites (N-methyl/N-ethyl adjacent to an activating group) is 1. The molecule has 1 aromatic heterocycles. The van der Waals surface area contributed by atoms with E-state index < -0.39 is 5.97 Å². The average Bonchev–Trinajstić information content (AvgIpc) is 3.06. The van der Waals surface area contributed by atoms with Crippen molar-refractivity contribution in [3.63, 3.8) is 0 Å². The Morgan fingerprint density at radius 2 is 1.93 bits per heavy atom. The second kappa shape index (κ2) is 9.90. The molecule has 0 fully saturated rings. The summed E-state index contributed by atoms with van der Waals surface area (Å²) in [6, 6.07) is 10.1. The maximum atomic E-state index is 12.2. The minimum atomic E-state index is -0.465. The maximum absolute atomic E-state index is 12.2. The van der Waals surface area contributed by atoms with Crippen LogP contribution in [-0.4, -0.2) is 44.5 Å². The first-order valence-corrected chi connectivity index (χ1v) is 9.25. The molecular weight excluding hydrogens is 356 g/mol. The quantitative estimate of drug-likeness (QED) is 0.558. The molecule has 2 rings (SSSR count). The third-order valence-corrected chi connectivity index (χ3v) is 4.61. The van der Waals surface area contributed by atoms with Crippen molar-refractivity contribution in [2.24, 2.45) is 0 Å². The second-order valence-electron chi connectivity index (χ2n) is 6.76. The van der Waals surface area contributed by atoms with E-state index in [0.29, 0.717) is 23.6 Å². The first-order chi connectivity index (χ1) is 13.3. The van der Waals surface area contributed by atoms with Gasteiger partial charge in [-0.2, -0.15) is 0 Å². The van der Waals surface area contributed by atoms with Crippen molar-refractivity contribution in [2.75, 3.05) is 27.7 Å². The Morgan fingerprint density at radius 1 is 1.25 bits per heavy atom. The van der Waals surface area contributed by atoms with Gasteiger partial charge < -0.3 is 19.4 Å². The number of hydrogen-bond acceptors (Lipinski definition) is 5. The third-order valence-electron chi connectivity index (χ3n) is 4.61. The van der Waals surface area contributed by atoms with Crippen LogP contribution in [0.1, 0.15) is 46.0 Å². The summed E-state index contributed by atoms with van der Waals surface area (Å²) in [6.45, 7) is 4.28. The topological polar surface area (TPSA) is 71.8 Å². The van der Waals surface area contributed by atoms with E-state index in [9.17, 15) is 9.59 Å². The molecule has 1 heterocycles. The second-order valence-corrected chi connectivity index (χ2v) is 6.76. The van der Waals surface area contributed by atoms with Gasteiger partial charge in [-0.15, -0.1) is 0 Å². The van der Waals surface area contributed by atoms with E-state index in [0.717, 1.165) is 12.0 Å². The van der Waals surface area contributed by atoms with Crippen LogP contribution in [0.3, 0.4) is 0 Å². The van der Waals surface area contributed by atoms with Crippen molar-refractivity contribution in [3.05, 3.63) is 64.6 Å². The van der Waals surface area contributed by atoms with Crippen LogP contribution in [0.5, 0.6) is 0 Å². The van der Waals surface area contributed by atoms with Crippen LogP contribution >= 0.6 is 0 Å². The lowest BCUT2D eigenvalue weighted by atomic mass is 10.0. The van der Waals surface area contributed by atoms with Crippen molar-refractivity contribution in [3.8, 4) is 0 Å². The van der Waals surface area contributed by atoms with Crippen LogP contribution in [0.2, 0.25) is 0 Å². The van der Waals surface area contributed by atoms with Crippen molar-refractivity contribution in [2.45, 2.75) is 26.3 Å². The van der Waals surface area contributed by atoms with Gasteiger partial charge >= 0.3 is 5.97 Å². The smallest absolute Gasteiger partial charge is 0.341 e. The molecule has 0 spiro atoms. The van der Waals surface area contributed by atoms with Crippen LogP contribution < -0.4 is 5.32 Å². The number of ether oxygens (including phenoxy) is 1. The third kappa shape index (κ3) is 5.57. The predicted molar refractivity (Wildman–Crippen MR) is 109 cm³/mol. The van der Waals surface area contributed by atoms with Gasteiger partial charge in [0, 0.05) is 12.6 Å². The largest absolute Gasteiger partial charge is 0.465 e. The Hall–Kier alpha value is -2.86. The van der Waals surface area contributed by atoms with Crippen molar-refractivity contribution >= 4 is 18.0 Å². The highest BCUT2D eigenvalue weighted by molar-refractivity contribution is 5.93. The van der Waals surface area contributed by atoms with E-state index in [4.69, 9.17) is 9.15 Å². The molecule has 0 saturated heterocycles. The molecule has 0 aliphatic heterocycles. The zero-order chi connectivity index (χ0) is 20.7. The number of aryl methyl sites for hydroxylation is 2. The zero-order valence-corrected chi connectivity index (χ0v) is 17.1. The van der Waals surface area contributed by atoms with Crippen LogP contribution in [-0.2, 0) is 16.0 Å². The van der Waals surface area contributed by atoms with E-state index in [1.807, 2.05) is 14.1 Å². The predicted octanol–water partition coefficient (Wildman–Crippen LogP) is 3.37. The molecule has 0 aliphatic rings. The number of hydrogen-bond donors (Lipinski definition) is 1. The molecule has 0 saturated carbocycles. The van der Waals surface area contributed by atoms with Gasteiger partial charge in [-0.05, 0) is 50.7 Å². The Balaban J connectivity index is 1.99. The van der Waals surface area contributed by atoms with Gasteiger partial charge in [-0.1, -0.05) is 31.2 Å². The number of benzene rings is 1. The number of amides is 1. The molecule has 0 bridgehead atoms.